The van der Waals surface area contributed by atoms with Crippen LogP contribution < -0.4 is 20.1 Å². The van der Waals surface area contributed by atoms with Crippen LogP contribution in [0.15, 0.2) is 91.0 Å². The molecule has 0 spiro atoms. The molecule has 12 nitrogen and oxygen atoms in total. The van der Waals surface area contributed by atoms with Crippen molar-refractivity contribution in [3.05, 3.63) is 114 Å². The van der Waals surface area contributed by atoms with Crippen molar-refractivity contribution in [3.63, 3.8) is 0 Å². The molecular formula is C34H28FN7O5. The van der Waals surface area contributed by atoms with E-state index in [1.807, 2.05) is 12.1 Å². The first-order valence-corrected chi connectivity index (χ1v) is 14.9. The molecule has 47 heavy (non-hydrogen) atoms. The minimum atomic E-state index is -0.703. The van der Waals surface area contributed by atoms with Crippen LogP contribution in [0, 0.1) is 5.82 Å². The molecule has 0 saturated carbocycles. The van der Waals surface area contributed by atoms with Crippen molar-refractivity contribution < 1.29 is 28.2 Å². The van der Waals surface area contributed by atoms with Gasteiger partial charge in [0.25, 0.3) is 17.7 Å². The minimum absolute atomic E-state index is 0.0978. The molecule has 3 aliphatic rings. The van der Waals surface area contributed by atoms with Crippen molar-refractivity contribution in [2.75, 3.05) is 19.7 Å². The maximum Gasteiger partial charge on any atom is 0.258 e. The summed E-state index contributed by atoms with van der Waals surface area (Å²) in [5.74, 6) is -0.764. The number of halogens is 1. The summed E-state index contributed by atoms with van der Waals surface area (Å²) in [7, 11) is 0. The van der Waals surface area contributed by atoms with E-state index in [1.54, 1.807) is 71.6 Å². The van der Waals surface area contributed by atoms with Crippen LogP contribution in [0.5, 0.6) is 11.5 Å². The summed E-state index contributed by atoms with van der Waals surface area (Å²) in [6.07, 6.45) is -0.670. The van der Waals surface area contributed by atoms with Crippen LogP contribution in [0.25, 0.3) is 22.5 Å². The second-order valence-electron chi connectivity index (χ2n) is 11.2. The number of nitrogens with one attached hydrogen (secondary N) is 3. The lowest BCUT2D eigenvalue weighted by molar-refractivity contribution is -0.123. The van der Waals surface area contributed by atoms with Crippen LogP contribution in [0.3, 0.4) is 0 Å². The number of benzene rings is 4. The summed E-state index contributed by atoms with van der Waals surface area (Å²) in [5.41, 5.74) is 2.77. The summed E-state index contributed by atoms with van der Waals surface area (Å²) >= 11 is 0. The number of carbonyl (C=O) groups is 3. The van der Waals surface area contributed by atoms with Gasteiger partial charge in [-0.25, -0.2) is 4.39 Å². The number of carbonyl (C=O) groups excluding carboxylic acids is 3. The number of hydrogen-bond acceptors (Lipinski definition) is 8. The lowest BCUT2D eigenvalue weighted by Crippen LogP contribution is -2.45. The molecule has 0 unspecified atom stereocenters. The average Bonchev–Trinajstić information content (AvgIpc) is 3.77. The number of hydrogen-bond donors (Lipinski definition) is 3. The number of aromatic amines is 1. The van der Waals surface area contributed by atoms with Gasteiger partial charge in [-0.05, 0) is 64.4 Å². The van der Waals surface area contributed by atoms with E-state index in [9.17, 15) is 14.4 Å². The molecule has 8 rings (SSSR count). The van der Waals surface area contributed by atoms with Gasteiger partial charge in [-0.1, -0.05) is 48.5 Å². The van der Waals surface area contributed by atoms with Crippen LogP contribution in [0.2, 0.25) is 0 Å². The van der Waals surface area contributed by atoms with Crippen molar-refractivity contribution in [3.8, 4) is 34.0 Å². The van der Waals surface area contributed by atoms with E-state index in [1.165, 1.54) is 12.1 Å². The molecule has 4 heterocycles. The fourth-order valence-corrected chi connectivity index (χ4v) is 5.66. The van der Waals surface area contributed by atoms with Gasteiger partial charge >= 0.3 is 0 Å². The smallest absolute Gasteiger partial charge is 0.258 e. The molecule has 3 aliphatic heterocycles. The third-order valence-electron chi connectivity index (χ3n) is 8.06. The summed E-state index contributed by atoms with van der Waals surface area (Å²) in [6, 6.07) is 24.6. The normalized spacial score (nSPS) is 17.9. The summed E-state index contributed by atoms with van der Waals surface area (Å²) in [6.45, 7) is 0.322. The van der Waals surface area contributed by atoms with Crippen molar-refractivity contribution >= 4 is 17.7 Å². The Morgan fingerprint density at radius 1 is 0.872 bits per heavy atom. The molecule has 1 saturated heterocycles. The topological polar surface area (TPSA) is 151 Å². The van der Waals surface area contributed by atoms with Gasteiger partial charge in [0.15, 0.2) is 6.61 Å². The lowest BCUT2D eigenvalue weighted by Gasteiger charge is -2.21. The number of H-pyrrole nitrogens is 1. The predicted molar refractivity (Wildman–Crippen MR) is 167 cm³/mol. The highest BCUT2D eigenvalue weighted by atomic mass is 19.1. The van der Waals surface area contributed by atoms with E-state index < -0.39 is 23.9 Å². The van der Waals surface area contributed by atoms with E-state index in [4.69, 9.17) is 9.47 Å². The monoisotopic (exact) mass is 633 g/mol. The molecule has 13 heteroatoms. The molecular weight excluding hydrogens is 605 g/mol. The first-order valence-electron chi connectivity index (χ1n) is 14.9. The summed E-state index contributed by atoms with van der Waals surface area (Å²) < 4.78 is 27.2. The third-order valence-corrected chi connectivity index (χ3v) is 8.06. The zero-order chi connectivity index (χ0) is 32.3. The van der Waals surface area contributed by atoms with Crippen LogP contribution in [-0.2, 0) is 11.3 Å². The summed E-state index contributed by atoms with van der Waals surface area (Å²) in [5, 5.41) is 19.8. The predicted octanol–water partition coefficient (Wildman–Crippen LogP) is 3.38. The van der Waals surface area contributed by atoms with Gasteiger partial charge in [-0.2, -0.15) is 5.21 Å². The van der Waals surface area contributed by atoms with Crippen molar-refractivity contribution in [2.24, 2.45) is 0 Å². The van der Waals surface area contributed by atoms with Gasteiger partial charge in [-0.15, -0.1) is 10.2 Å². The Balaban J connectivity index is 1.22. The fraction of sp³-hybridized carbons (Fsp3) is 0.176. The van der Waals surface area contributed by atoms with Gasteiger partial charge in [0.2, 0.25) is 5.82 Å². The van der Waals surface area contributed by atoms with Gasteiger partial charge < -0.3 is 25.0 Å². The second kappa shape index (κ2) is 12.7. The van der Waals surface area contributed by atoms with Gasteiger partial charge in [0.1, 0.15) is 23.4 Å². The zero-order valence-corrected chi connectivity index (χ0v) is 24.9. The van der Waals surface area contributed by atoms with Crippen molar-refractivity contribution in [1.29, 1.82) is 0 Å². The van der Waals surface area contributed by atoms with Gasteiger partial charge in [0.05, 0.1) is 23.7 Å². The number of rotatable bonds is 2. The number of fused-ring (bicyclic) bond motifs is 7. The van der Waals surface area contributed by atoms with Crippen LogP contribution >= 0.6 is 0 Å². The number of ether oxygens (including phenoxy) is 2. The maximum atomic E-state index is 15.1. The first-order chi connectivity index (χ1) is 22.9. The molecule has 5 aromatic rings. The zero-order valence-electron chi connectivity index (χ0n) is 24.9. The number of tetrazole rings is 1. The molecule has 0 aliphatic carbocycles. The highest BCUT2D eigenvalue weighted by Gasteiger charge is 2.39. The minimum Gasteiger partial charge on any atom is -0.486 e. The van der Waals surface area contributed by atoms with E-state index >= 15 is 4.39 Å². The molecule has 1 fully saturated rings. The highest BCUT2D eigenvalue weighted by Crippen LogP contribution is 2.28. The van der Waals surface area contributed by atoms with E-state index in [2.05, 4.69) is 31.3 Å². The Hall–Kier alpha value is -6.11. The van der Waals surface area contributed by atoms with Crippen LogP contribution in [0.1, 0.15) is 26.3 Å². The van der Waals surface area contributed by atoms with Crippen LogP contribution in [0.4, 0.5) is 4.39 Å². The molecule has 4 aromatic carbocycles. The van der Waals surface area contributed by atoms with Gasteiger partial charge in [-0.3, -0.25) is 14.4 Å². The number of amides is 3. The van der Waals surface area contributed by atoms with Crippen LogP contribution in [-0.4, -0.2) is 75.1 Å². The highest BCUT2D eigenvalue weighted by molar-refractivity contribution is 6.00. The molecule has 0 radical (unpaired) electrons. The molecule has 1 aromatic heterocycles. The molecule has 3 amide bonds. The second-order valence-corrected chi connectivity index (χ2v) is 11.2. The standard InChI is InChI=1S/C34H28FN7O5/c35-28-13-10-22-15-27(28)33(44)37-29-17-42(34(45)26-7-2-1-6-25(26)32-38-40-41-39-32)18-30(29)47-23-11-8-20(9-12-23)16-36-31(43)19-46-24-5-3-4-21(22)14-24/h1-15,29-30H,16-19H2,(H,36,43)(H,37,44)(H,38,39,40,41)/t29-,30-/m0/s1. The van der Waals surface area contributed by atoms with E-state index in [0.29, 0.717) is 33.8 Å². The maximum absolute atomic E-state index is 15.1. The molecule has 3 N–H and O–H groups in total. The van der Waals surface area contributed by atoms with E-state index in [0.717, 1.165) is 5.56 Å². The third kappa shape index (κ3) is 6.36. The Morgan fingerprint density at radius 2 is 1.70 bits per heavy atom. The number of nitrogens with zero attached hydrogens (tertiary/aromatic N) is 4. The van der Waals surface area contributed by atoms with Crippen molar-refractivity contribution in [2.45, 2.75) is 18.7 Å². The number of aromatic nitrogens is 4. The molecule has 236 valence electrons. The van der Waals surface area contributed by atoms with Gasteiger partial charge in [0, 0.05) is 18.7 Å². The number of likely N-dealkylation sites (tertiary alicyclic amines) is 1. The quantitative estimate of drug-likeness (QED) is 0.268. The summed E-state index contributed by atoms with van der Waals surface area (Å²) in [4.78, 5) is 41.6. The molecule has 6 bridgehead atoms. The molecule has 2 atom stereocenters. The largest absolute Gasteiger partial charge is 0.486 e. The van der Waals surface area contributed by atoms with E-state index in [-0.39, 0.29) is 49.4 Å². The van der Waals surface area contributed by atoms with Crippen molar-refractivity contribution in [1.82, 2.24) is 36.2 Å². The lowest BCUT2D eigenvalue weighted by atomic mass is 10.0. The Labute approximate surface area is 267 Å². The first kappa shape index (κ1) is 29.6. The Morgan fingerprint density at radius 3 is 2.53 bits per heavy atom. The Bertz CT molecular complexity index is 1950. The SMILES string of the molecule is O=C1COc2cccc(c2)-c2ccc(F)c(c2)C(=O)N[C@H]2CN(C(=O)c3ccccc3-c3nn[nH]n3)C[C@@H]2Oc2ccc(cc2)CN1. The fourth-order valence-electron chi connectivity index (χ4n) is 5.66. The Kier molecular flexibility index (Phi) is 8.00. The average molecular weight is 634 g/mol.